The molecule has 1 saturated heterocycles. The number of amides is 2. The minimum atomic E-state index is -4.52. The zero-order valence-corrected chi connectivity index (χ0v) is 15.6. The van der Waals surface area contributed by atoms with Crippen LogP contribution in [0.1, 0.15) is 39.1 Å². The fourth-order valence-corrected chi connectivity index (χ4v) is 3.40. The number of rotatable bonds is 3. The molecule has 148 valence electrons. The van der Waals surface area contributed by atoms with Gasteiger partial charge in [0.15, 0.2) is 0 Å². The highest BCUT2D eigenvalue weighted by molar-refractivity contribution is 6.33. The van der Waals surface area contributed by atoms with Gasteiger partial charge in [0.25, 0.3) is 11.8 Å². The Labute approximate surface area is 165 Å². The molecule has 0 spiro atoms. The number of carbonyl (C=O) groups is 2. The Kier molecular flexibility index (Phi) is 5.93. The largest absolute Gasteiger partial charge is 0.416 e. The van der Waals surface area contributed by atoms with Gasteiger partial charge in [0.2, 0.25) is 0 Å². The molecule has 4 nitrogen and oxygen atoms in total. The van der Waals surface area contributed by atoms with Gasteiger partial charge in [-0.25, -0.2) is 0 Å². The molecule has 0 unspecified atom stereocenters. The van der Waals surface area contributed by atoms with Gasteiger partial charge in [-0.15, -0.1) is 0 Å². The molecule has 0 saturated carbocycles. The molecule has 1 heterocycles. The molecule has 2 amide bonds. The number of hydrogen-bond acceptors (Lipinski definition) is 2. The van der Waals surface area contributed by atoms with Crippen LogP contribution in [-0.4, -0.2) is 35.8 Å². The molecule has 1 aliphatic heterocycles. The average molecular weight is 411 g/mol. The maximum Gasteiger partial charge on any atom is 0.416 e. The minimum Gasteiger partial charge on any atom is -0.349 e. The van der Waals surface area contributed by atoms with Crippen molar-refractivity contribution >= 4 is 23.4 Å². The first-order chi connectivity index (χ1) is 13.3. The van der Waals surface area contributed by atoms with Crippen molar-refractivity contribution in [1.82, 2.24) is 10.2 Å². The zero-order chi connectivity index (χ0) is 20.3. The van der Waals surface area contributed by atoms with Crippen LogP contribution in [0.25, 0.3) is 0 Å². The minimum absolute atomic E-state index is 0.00235. The number of piperidine rings is 1. The fourth-order valence-electron chi connectivity index (χ4n) is 3.13. The monoisotopic (exact) mass is 410 g/mol. The Morgan fingerprint density at radius 2 is 1.68 bits per heavy atom. The molecular formula is C20H18ClF3N2O2. The summed E-state index contributed by atoms with van der Waals surface area (Å²) in [5.41, 5.74) is -0.291. The molecule has 0 aliphatic carbocycles. The summed E-state index contributed by atoms with van der Waals surface area (Å²) in [5, 5.41) is 2.54. The summed E-state index contributed by atoms with van der Waals surface area (Å²) in [6.45, 7) is 0.971. The second-order valence-electron chi connectivity index (χ2n) is 6.60. The van der Waals surface area contributed by atoms with Gasteiger partial charge in [0.1, 0.15) is 0 Å². The van der Waals surface area contributed by atoms with Crippen molar-refractivity contribution in [2.24, 2.45) is 0 Å². The first kappa shape index (κ1) is 20.2. The van der Waals surface area contributed by atoms with Crippen LogP contribution in [-0.2, 0) is 6.18 Å². The number of alkyl halides is 3. The smallest absolute Gasteiger partial charge is 0.349 e. The molecule has 1 aliphatic rings. The number of nitrogens with zero attached hydrogens (tertiary/aromatic N) is 1. The second kappa shape index (κ2) is 8.22. The molecule has 3 rings (SSSR count). The van der Waals surface area contributed by atoms with Gasteiger partial charge < -0.3 is 10.2 Å². The zero-order valence-electron chi connectivity index (χ0n) is 14.8. The standard InChI is InChI=1S/C20H18ClF3N2O2/c21-17-12-14(20(22,23)24)6-7-16(17)18(27)25-15-8-10-26(11-9-15)19(28)13-4-2-1-3-5-13/h1-7,12,15H,8-11H2,(H,25,27). The van der Waals surface area contributed by atoms with Crippen molar-refractivity contribution < 1.29 is 22.8 Å². The lowest BCUT2D eigenvalue weighted by Gasteiger charge is -2.32. The van der Waals surface area contributed by atoms with E-state index >= 15 is 0 Å². The second-order valence-corrected chi connectivity index (χ2v) is 7.01. The van der Waals surface area contributed by atoms with E-state index in [9.17, 15) is 22.8 Å². The highest BCUT2D eigenvalue weighted by atomic mass is 35.5. The van der Waals surface area contributed by atoms with E-state index in [1.807, 2.05) is 6.07 Å². The summed E-state index contributed by atoms with van der Waals surface area (Å²) in [5.74, 6) is -0.581. The number of hydrogen-bond donors (Lipinski definition) is 1. The van der Waals surface area contributed by atoms with Crippen LogP contribution in [0.4, 0.5) is 13.2 Å². The Hall–Kier alpha value is -2.54. The van der Waals surface area contributed by atoms with Crippen LogP contribution in [0.15, 0.2) is 48.5 Å². The molecule has 0 aromatic heterocycles. The third-order valence-corrected chi connectivity index (χ3v) is 4.99. The van der Waals surface area contributed by atoms with E-state index in [2.05, 4.69) is 5.32 Å². The molecule has 28 heavy (non-hydrogen) atoms. The summed E-state index contributed by atoms with van der Waals surface area (Å²) >= 11 is 5.87. The van der Waals surface area contributed by atoms with Crippen LogP contribution in [0.3, 0.4) is 0 Å². The number of likely N-dealkylation sites (tertiary alicyclic amines) is 1. The third-order valence-electron chi connectivity index (χ3n) is 4.68. The van der Waals surface area contributed by atoms with E-state index in [1.165, 1.54) is 0 Å². The van der Waals surface area contributed by atoms with Crippen molar-refractivity contribution in [2.45, 2.75) is 25.1 Å². The first-order valence-electron chi connectivity index (χ1n) is 8.77. The van der Waals surface area contributed by atoms with Gasteiger partial charge in [0, 0.05) is 24.7 Å². The Bertz CT molecular complexity index is 863. The quantitative estimate of drug-likeness (QED) is 0.815. The third kappa shape index (κ3) is 4.65. The first-order valence-corrected chi connectivity index (χ1v) is 9.15. The molecule has 0 bridgehead atoms. The number of halogens is 4. The summed E-state index contributed by atoms with van der Waals surface area (Å²) in [4.78, 5) is 26.5. The lowest BCUT2D eigenvalue weighted by molar-refractivity contribution is -0.137. The molecule has 2 aromatic carbocycles. The Morgan fingerprint density at radius 3 is 2.25 bits per heavy atom. The summed E-state index contributed by atoms with van der Waals surface area (Å²) in [6, 6.07) is 11.4. The van der Waals surface area contributed by atoms with E-state index < -0.39 is 17.6 Å². The molecule has 1 N–H and O–H groups in total. The molecule has 1 fully saturated rings. The van der Waals surface area contributed by atoms with Gasteiger partial charge in [0.05, 0.1) is 16.1 Å². The van der Waals surface area contributed by atoms with Crippen molar-refractivity contribution in [3.05, 3.63) is 70.2 Å². The summed E-state index contributed by atoms with van der Waals surface area (Å²) in [6.07, 6.45) is -3.40. The SMILES string of the molecule is O=C(NC1CCN(C(=O)c2ccccc2)CC1)c1ccc(C(F)(F)F)cc1Cl. The normalized spacial score (nSPS) is 15.4. The summed E-state index contributed by atoms with van der Waals surface area (Å²) in [7, 11) is 0. The van der Waals surface area contributed by atoms with E-state index in [0.29, 0.717) is 31.5 Å². The van der Waals surface area contributed by atoms with Crippen molar-refractivity contribution in [3.63, 3.8) is 0 Å². The van der Waals surface area contributed by atoms with Crippen LogP contribution in [0.2, 0.25) is 5.02 Å². The highest BCUT2D eigenvalue weighted by Gasteiger charge is 2.32. The lowest BCUT2D eigenvalue weighted by atomic mass is 10.0. The van der Waals surface area contributed by atoms with Crippen LogP contribution in [0, 0.1) is 0 Å². The van der Waals surface area contributed by atoms with Crippen LogP contribution >= 0.6 is 11.6 Å². The Balaban J connectivity index is 1.57. The number of nitrogens with one attached hydrogen (secondary N) is 1. The predicted molar refractivity (Wildman–Crippen MR) is 99.3 cm³/mol. The molecule has 0 radical (unpaired) electrons. The van der Waals surface area contributed by atoms with Gasteiger partial charge in [-0.1, -0.05) is 29.8 Å². The van der Waals surface area contributed by atoms with Gasteiger partial charge >= 0.3 is 6.18 Å². The maximum absolute atomic E-state index is 12.7. The highest BCUT2D eigenvalue weighted by Crippen LogP contribution is 2.32. The van der Waals surface area contributed by atoms with Gasteiger partial charge in [-0.3, -0.25) is 9.59 Å². The van der Waals surface area contributed by atoms with Gasteiger partial charge in [-0.05, 0) is 43.2 Å². The van der Waals surface area contributed by atoms with E-state index in [4.69, 9.17) is 11.6 Å². The fraction of sp³-hybridized carbons (Fsp3) is 0.300. The molecular weight excluding hydrogens is 393 g/mol. The summed E-state index contributed by atoms with van der Waals surface area (Å²) < 4.78 is 38.1. The number of benzene rings is 2. The van der Waals surface area contributed by atoms with E-state index in [0.717, 1.165) is 18.2 Å². The molecule has 0 atom stereocenters. The van der Waals surface area contributed by atoms with Crippen molar-refractivity contribution in [2.75, 3.05) is 13.1 Å². The lowest BCUT2D eigenvalue weighted by Crippen LogP contribution is -2.46. The van der Waals surface area contributed by atoms with Gasteiger partial charge in [-0.2, -0.15) is 13.2 Å². The number of carbonyl (C=O) groups excluding carboxylic acids is 2. The van der Waals surface area contributed by atoms with Crippen molar-refractivity contribution in [1.29, 1.82) is 0 Å². The van der Waals surface area contributed by atoms with Crippen molar-refractivity contribution in [3.8, 4) is 0 Å². The molecule has 8 heteroatoms. The van der Waals surface area contributed by atoms with E-state index in [-0.39, 0.29) is 22.5 Å². The molecule has 2 aromatic rings. The van der Waals surface area contributed by atoms with Crippen LogP contribution < -0.4 is 5.32 Å². The van der Waals surface area contributed by atoms with E-state index in [1.54, 1.807) is 29.2 Å². The predicted octanol–water partition coefficient (Wildman–Crippen LogP) is 4.39. The Morgan fingerprint density at radius 1 is 1.04 bits per heavy atom. The topological polar surface area (TPSA) is 49.4 Å². The maximum atomic E-state index is 12.7. The average Bonchev–Trinajstić information content (AvgIpc) is 2.68. The van der Waals surface area contributed by atoms with Crippen LogP contribution in [0.5, 0.6) is 0 Å².